The second-order valence-corrected chi connectivity index (χ2v) is 3.50. The summed E-state index contributed by atoms with van der Waals surface area (Å²) in [5, 5.41) is 9.06. The monoisotopic (exact) mass is 241 g/mol. The van der Waals surface area contributed by atoms with Gasteiger partial charge in [0.05, 0.1) is 11.8 Å². The van der Waals surface area contributed by atoms with Crippen molar-refractivity contribution in [3.63, 3.8) is 0 Å². The summed E-state index contributed by atoms with van der Waals surface area (Å²) < 4.78 is 38.0. The fraction of sp³-hybridized carbons (Fsp3) is 0.182. The molecule has 0 atom stereocenters. The molecule has 1 aromatic heterocycles. The number of H-pyrrole nitrogens is 1. The van der Waals surface area contributed by atoms with Gasteiger partial charge in [0.2, 0.25) is 0 Å². The maximum atomic E-state index is 12.7. The van der Waals surface area contributed by atoms with Crippen LogP contribution in [0.25, 0.3) is 0 Å². The maximum absolute atomic E-state index is 12.7. The van der Waals surface area contributed by atoms with Crippen LogP contribution in [0, 0.1) is 0 Å². The number of halogens is 3. The van der Waals surface area contributed by atoms with Gasteiger partial charge in [0.15, 0.2) is 0 Å². The highest BCUT2D eigenvalue weighted by Gasteiger charge is 2.32. The van der Waals surface area contributed by atoms with Crippen molar-refractivity contribution in [2.45, 2.75) is 12.7 Å². The number of alkyl halides is 3. The van der Waals surface area contributed by atoms with Gasteiger partial charge in [-0.1, -0.05) is 12.1 Å². The Morgan fingerprint density at radius 3 is 2.65 bits per heavy atom. The van der Waals surface area contributed by atoms with E-state index in [0.29, 0.717) is 6.54 Å². The van der Waals surface area contributed by atoms with Crippen molar-refractivity contribution < 1.29 is 13.2 Å². The number of aromatic amines is 1. The molecule has 2 rings (SSSR count). The first-order valence-corrected chi connectivity index (χ1v) is 4.95. The maximum Gasteiger partial charge on any atom is 0.418 e. The molecule has 2 aromatic rings. The molecule has 1 aromatic carbocycles. The molecule has 0 bridgehead atoms. The predicted molar refractivity (Wildman–Crippen MR) is 57.4 cm³/mol. The van der Waals surface area contributed by atoms with E-state index < -0.39 is 11.7 Å². The molecule has 0 saturated carbocycles. The SMILES string of the molecule is FC(F)(F)c1ccccc1NCc1cn[nH]c1. The third-order valence-electron chi connectivity index (χ3n) is 2.27. The van der Waals surface area contributed by atoms with Gasteiger partial charge in [-0.25, -0.2) is 0 Å². The van der Waals surface area contributed by atoms with Crippen molar-refractivity contribution in [2.75, 3.05) is 5.32 Å². The zero-order valence-corrected chi connectivity index (χ0v) is 8.75. The van der Waals surface area contributed by atoms with Gasteiger partial charge in [0.1, 0.15) is 0 Å². The highest BCUT2D eigenvalue weighted by Crippen LogP contribution is 2.34. The molecule has 0 spiro atoms. The van der Waals surface area contributed by atoms with Gasteiger partial charge in [-0.3, -0.25) is 5.10 Å². The normalized spacial score (nSPS) is 11.5. The van der Waals surface area contributed by atoms with Gasteiger partial charge in [0.25, 0.3) is 0 Å². The molecule has 0 saturated heterocycles. The lowest BCUT2D eigenvalue weighted by atomic mass is 10.1. The van der Waals surface area contributed by atoms with E-state index in [1.54, 1.807) is 18.5 Å². The summed E-state index contributed by atoms with van der Waals surface area (Å²) in [6, 6.07) is 5.39. The van der Waals surface area contributed by atoms with Crippen molar-refractivity contribution >= 4 is 5.69 Å². The largest absolute Gasteiger partial charge is 0.418 e. The van der Waals surface area contributed by atoms with Crippen LogP contribution < -0.4 is 5.32 Å². The van der Waals surface area contributed by atoms with E-state index in [0.717, 1.165) is 11.6 Å². The molecular formula is C11H10F3N3. The smallest absolute Gasteiger partial charge is 0.380 e. The second-order valence-electron chi connectivity index (χ2n) is 3.50. The van der Waals surface area contributed by atoms with Gasteiger partial charge in [0, 0.05) is 24.0 Å². The summed E-state index contributed by atoms with van der Waals surface area (Å²) in [6.07, 6.45) is -1.16. The average molecular weight is 241 g/mol. The van der Waals surface area contributed by atoms with E-state index in [1.165, 1.54) is 12.1 Å². The Kier molecular flexibility index (Phi) is 3.03. The number of anilines is 1. The molecule has 0 fully saturated rings. The van der Waals surface area contributed by atoms with E-state index in [-0.39, 0.29) is 5.69 Å². The molecule has 17 heavy (non-hydrogen) atoms. The minimum Gasteiger partial charge on any atom is -0.380 e. The number of hydrogen-bond donors (Lipinski definition) is 2. The Balaban J connectivity index is 2.16. The fourth-order valence-corrected chi connectivity index (χ4v) is 1.46. The molecule has 6 heteroatoms. The Morgan fingerprint density at radius 2 is 2.00 bits per heavy atom. The minimum atomic E-state index is -4.35. The van der Waals surface area contributed by atoms with E-state index in [2.05, 4.69) is 15.5 Å². The van der Waals surface area contributed by atoms with Crippen molar-refractivity contribution in [3.8, 4) is 0 Å². The predicted octanol–water partition coefficient (Wildman–Crippen LogP) is 3.04. The highest BCUT2D eigenvalue weighted by molar-refractivity contribution is 5.52. The molecule has 0 radical (unpaired) electrons. The minimum absolute atomic E-state index is 0.0706. The Bertz CT molecular complexity index is 477. The zero-order chi connectivity index (χ0) is 12.3. The Morgan fingerprint density at radius 1 is 1.24 bits per heavy atom. The molecule has 0 aliphatic carbocycles. The van der Waals surface area contributed by atoms with Crippen LogP contribution in [0.1, 0.15) is 11.1 Å². The van der Waals surface area contributed by atoms with E-state index in [4.69, 9.17) is 0 Å². The number of para-hydroxylation sites is 1. The standard InChI is InChI=1S/C11H10F3N3/c12-11(13,14)9-3-1-2-4-10(9)15-5-8-6-16-17-7-8/h1-4,6-7,15H,5H2,(H,16,17). The number of hydrogen-bond acceptors (Lipinski definition) is 2. The van der Waals surface area contributed by atoms with Gasteiger partial charge < -0.3 is 5.32 Å². The first-order chi connectivity index (χ1) is 8.07. The zero-order valence-electron chi connectivity index (χ0n) is 8.75. The molecule has 90 valence electrons. The average Bonchev–Trinajstić information content (AvgIpc) is 2.78. The molecule has 0 aliphatic rings. The van der Waals surface area contributed by atoms with Crippen LogP contribution in [0.15, 0.2) is 36.7 Å². The molecule has 2 N–H and O–H groups in total. The first-order valence-electron chi connectivity index (χ1n) is 4.95. The van der Waals surface area contributed by atoms with Crippen LogP contribution in [0.4, 0.5) is 18.9 Å². The van der Waals surface area contributed by atoms with Crippen molar-refractivity contribution in [3.05, 3.63) is 47.8 Å². The van der Waals surface area contributed by atoms with Crippen LogP contribution in [0.2, 0.25) is 0 Å². The lowest BCUT2D eigenvalue weighted by Crippen LogP contribution is -2.10. The van der Waals surface area contributed by atoms with E-state index in [1.807, 2.05) is 0 Å². The third kappa shape index (κ3) is 2.77. The molecular weight excluding hydrogens is 231 g/mol. The lowest BCUT2D eigenvalue weighted by molar-refractivity contribution is -0.136. The lowest BCUT2D eigenvalue weighted by Gasteiger charge is -2.13. The van der Waals surface area contributed by atoms with Crippen molar-refractivity contribution in [2.24, 2.45) is 0 Å². The number of benzene rings is 1. The summed E-state index contributed by atoms with van der Waals surface area (Å²) >= 11 is 0. The molecule has 3 nitrogen and oxygen atoms in total. The topological polar surface area (TPSA) is 40.7 Å². The summed E-state index contributed by atoms with van der Waals surface area (Å²) in [7, 11) is 0. The third-order valence-corrected chi connectivity index (χ3v) is 2.27. The summed E-state index contributed by atoms with van der Waals surface area (Å²) in [5.74, 6) is 0. The Labute approximate surface area is 95.7 Å². The Hall–Kier alpha value is -1.98. The summed E-state index contributed by atoms with van der Waals surface area (Å²) in [4.78, 5) is 0. The van der Waals surface area contributed by atoms with Crippen molar-refractivity contribution in [1.82, 2.24) is 10.2 Å². The number of rotatable bonds is 3. The van der Waals surface area contributed by atoms with Gasteiger partial charge in [-0.2, -0.15) is 18.3 Å². The van der Waals surface area contributed by atoms with Crippen LogP contribution in [0.3, 0.4) is 0 Å². The molecule has 1 heterocycles. The number of nitrogens with zero attached hydrogens (tertiary/aromatic N) is 1. The van der Waals surface area contributed by atoms with E-state index in [9.17, 15) is 13.2 Å². The van der Waals surface area contributed by atoms with Crippen LogP contribution >= 0.6 is 0 Å². The quantitative estimate of drug-likeness (QED) is 0.867. The van der Waals surface area contributed by atoms with Crippen LogP contribution in [0.5, 0.6) is 0 Å². The molecule has 0 amide bonds. The van der Waals surface area contributed by atoms with Gasteiger partial charge >= 0.3 is 6.18 Å². The highest BCUT2D eigenvalue weighted by atomic mass is 19.4. The molecule has 0 unspecified atom stereocenters. The molecule has 0 aliphatic heterocycles. The van der Waals surface area contributed by atoms with Crippen molar-refractivity contribution in [1.29, 1.82) is 0 Å². The number of nitrogens with one attached hydrogen (secondary N) is 2. The summed E-state index contributed by atoms with van der Waals surface area (Å²) in [6.45, 7) is 0.295. The fourth-order valence-electron chi connectivity index (χ4n) is 1.46. The van der Waals surface area contributed by atoms with Gasteiger partial charge in [-0.05, 0) is 12.1 Å². The summed E-state index contributed by atoms with van der Waals surface area (Å²) in [5.41, 5.74) is 0.201. The van der Waals surface area contributed by atoms with Crippen LogP contribution in [-0.4, -0.2) is 10.2 Å². The van der Waals surface area contributed by atoms with Gasteiger partial charge in [-0.15, -0.1) is 0 Å². The second kappa shape index (κ2) is 4.48. The van der Waals surface area contributed by atoms with Crippen LogP contribution in [-0.2, 0) is 12.7 Å². The first kappa shape index (κ1) is 11.5. The number of aromatic nitrogens is 2. The van der Waals surface area contributed by atoms with E-state index >= 15 is 0 Å².